The quantitative estimate of drug-likeness (QED) is 0.790. The lowest BCUT2D eigenvalue weighted by Gasteiger charge is -2.35. The van der Waals surface area contributed by atoms with E-state index in [0.29, 0.717) is 25.6 Å². The number of halogens is 3. The van der Waals surface area contributed by atoms with E-state index in [4.69, 9.17) is 9.47 Å². The van der Waals surface area contributed by atoms with Gasteiger partial charge in [0.2, 0.25) is 0 Å². The summed E-state index contributed by atoms with van der Waals surface area (Å²) in [6.45, 7) is 1.91. The predicted octanol–water partition coefficient (Wildman–Crippen LogP) is 3.54. The molecule has 0 aromatic heterocycles. The molecule has 18 heavy (non-hydrogen) atoms. The Labute approximate surface area is 113 Å². The summed E-state index contributed by atoms with van der Waals surface area (Å²) in [6, 6.07) is 3.60. The molecule has 0 aliphatic carbocycles. The molecule has 0 saturated carbocycles. The SMILES string of the molecule is Fc1ccc(OCC2(CBr)CCOCC2)cc1F. The summed E-state index contributed by atoms with van der Waals surface area (Å²) in [5.41, 5.74) is 0.0170. The van der Waals surface area contributed by atoms with Gasteiger partial charge in [-0.05, 0) is 25.0 Å². The monoisotopic (exact) mass is 320 g/mol. The molecule has 0 unspecified atom stereocenters. The van der Waals surface area contributed by atoms with E-state index in [-0.39, 0.29) is 5.41 Å². The molecule has 0 amide bonds. The highest BCUT2D eigenvalue weighted by Crippen LogP contribution is 2.33. The molecule has 100 valence electrons. The standard InChI is InChI=1S/C13H15BrF2O2/c14-8-13(3-5-17-6-4-13)9-18-10-1-2-11(15)12(16)7-10/h1-2,7H,3-6,8-9H2. The maximum atomic E-state index is 13.0. The molecule has 1 aromatic rings. The first-order chi connectivity index (χ1) is 8.65. The van der Waals surface area contributed by atoms with Gasteiger partial charge < -0.3 is 9.47 Å². The van der Waals surface area contributed by atoms with E-state index < -0.39 is 11.6 Å². The summed E-state index contributed by atoms with van der Waals surface area (Å²) in [6.07, 6.45) is 1.81. The molecule has 1 saturated heterocycles. The molecule has 0 atom stereocenters. The van der Waals surface area contributed by atoms with Crippen LogP contribution in [0.2, 0.25) is 0 Å². The van der Waals surface area contributed by atoms with E-state index in [1.807, 2.05) is 0 Å². The number of hydrogen-bond acceptors (Lipinski definition) is 2. The number of alkyl halides is 1. The third-order valence-corrected chi connectivity index (χ3v) is 4.46. The van der Waals surface area contributed by atoms with Gasteiger partial charge in [0.05, 0.1) is 6.61 Å². The van der Waals surface area contributed by atoms with E-state index in [0.717, 1.165) is 30.3 Å². The largest absolute Gasteiger partial charge is 0.493 e. The van der Waals surface area contributed by atoms with Crippen LogP contribution in [-0.2, 0) is 4.74 Å². The molecule has 2 rings (SSSR count). The van der Waals surface area contributed by atoms with Crippen molar-refractivity contribution in [2.45, 2.75) is 12.8 Å². The van der Waals surface area contributed by atoms with Crippen molar-refractivity contribution in [1.29, 1.82) is 0 Å². The van der Waals surface area contributed by atoms with Crippen LogP contribution in [0.1, 0.15) is 12.8 Å². The van der Waals surface area contributed by atoms with Crippen molar-refractivity contribution in [3.05, 3.63) is 29.8 Å². The van der Waals surface area contributed by atoms with Crippen LogP contribution in [0.5, 0.6) is 5.75 Å². The van der Waals surface area contributed by atoms with Gasteiger partial charge in [-0.2, -0.15) is 0 Å². The van der Waals surface area contributed by atoms with Crippen molar-refractivity contribution in [3.8, 4) is 5.75 Å². The molecule has 1 fully saturated rings. The van der Waals surface area contributed by atoms with E-state index >= 15 is 0 Å². The molecule has 1 aromatic carbocycles. The Bertz CT molecular complexity index is 406. The topological polar surface area (TPSA) is 18.5 Å². The van der Waals surface area contributed by atoms with Crippen LogP contribution in [0.25, 0.3) is 0 Å². The van der Waals surface area contributed by atoms with Gasteiger partial charge in [-0.15, -0.1) is 0 Å². The first-order valence-electron chi connectivity index (χ1n) is 5.87. The Morgan fingerprint density at radius 3 is 2.56 bits per heavy atom. The van der Waals surface area contributed by atoms with Crippen molar-refractivity contribution in [2.75, 3.05) is 25.2 Å². The van der Waals surface area contributed by atoms with Crippen molar-refractivity contribution in [3.63, 3.8) is 0 Å². The highest BCUT2D eigenvalue weighted by molar-refractivity contribution is 9.09. The zero-order valence-electron chi connectivity index (χ0n) is 9.93. The van der Waals surface area contributed by atoms with Crippen molar-refractivity contribution in [2.24, 2.45) is 5.41 Å². The van der Waals surface area contributed by atoms with Gasteiger partial charge in [0, 0.05) is 30.0 Å². The Morgan fingerprint density at radius 1 is 1.22 bits per heavy atom. The molecular weight excluding hydrogens is 306 g/mol. The molecule has 0 N–H and O–H groups in total. The highest BCUT2D eigenvalue weighted by atomic mass is 79.9. The Balaban J connectivity index is 1.98. The van der Waals surface area contributed by atoms with Crippen LogP contribution in [0.15, 0.2) is 18.2 Å². The number of hydrogen-bond donors (Lipinski definition) is 0. The number of benzene rings is 1. The smallest absolute Gasteiger partial charge is 0.162 e. The van der Waals surface area contributed by atoms with Gasteiger partial charge >= 0.3 is 0 Å². The Morgan fingerprint density at radius 2 is 1.94 bits per heavy atom. The van der Waals surface area contributed by atoms with E-state index in [1.54, 1.807) is 0 Å². The summed E-state index contributed by atoms with van der Waals surface area (Å²) < 4.78 is 36.7. The minimum atomic E-state index is -0.882. The average molecular weight is 321 g/mol. The van der Waals surface area contributed by atoms with E-state index in [1.165, 1.54) is 6.07 Å². The number of ether oxygens (including phenoxy) is 2. The van der Waals surface area contributed by atoms with Crippen LogP contribution in [0.4, 0.5) is 8.78 Å². The van der Waals surface area contributed by atoms with Gasteiger partial charge in [0.25, 0.3) is 0 Å². The Hall–Kier alpha value is -0.680. The van der Waals surface area contributed by atoms with Crippen LogP contribution < -0.4 is 4.74 Å². The van der Waals surface area contributed by atoms with Crippen LogP contribution in [-0.4, -0.2) is 25.2 Å². The van der Waals surface area contributed by atoms with Crippen molar-refractivity contribution >= 4 is 15.9 Å². The molecular formula is C13H15BrF2O2. The lowest BCUT2D eigenvalue weighted by atomic mass is 9.83. The molecule has 0 spiro atoms. The first kappa shape index (κ1) is 13.7. The van der Waals surface area contributed by atoms with Crippen molar-refractivity contribution in [1.82, 2.24) is 0 Å². The third kappa shape index (κ3) is 3.20. The second-order valence-electron chi connectivity index (χ2n) is 4.61. The third-order valence-electron chi connectivity index (χ3n) is 3.27. The van der Waals surface area contributed by atoms with Crippen LogP contribution >= 0.6 is 15.9 Å². The fraction of sp³-hybridized carbons (Fsp3) is 0.538. The average Bonchev–Trinajstić information content (AvgIpc) is 2.41. The minimum absolute atomic E-state index is 0.0170. The first-order valence-corrected chi connectivity index (χ1v) is 6.99. The van der Waals surface area contributed by atoms with Crippen LogP contribution in [0.3, 0.4) is 0 Å². The summed E-state index contributed by atoms with van der Waals surface area (Å²) >= 11 is 3.50. The Kier molecular flexibility index (Phi) is 4.56. The molecule has 0 radical (unpaired) electrons. The summed E-state index contributed by atoms with van der Waals surface area (Å²) in [5, 5.41) is 0.813. The summed E-state index contributed by atoms with van der Waals surface area (Å²) in [7, 11) is 0. The highest BCUT2D eigenvalue weighted by Gasteiger charge is 2.32. The fourth-order valence-electron chi connectivity index (χ4n) is 1.92. The second-order valence-corrected chi connectivity index (χ2v) is 5.17. The van der Waals surface area contributed by atoms with Gasteiger partial charge in [-0.3, -0.25) is 0 Å². The van der Waals surface area contributed by atoms with Gasteiger partial charge in [-0.1, -0.05) is 15.9 Å². The molecule has 1 aliphatic heterocycles. The van der Waals surface area contributed by atoms with Crippen molar-refractivity contribution < 1.29 is 18.3 Å². The number of rotatable bonds is 4. The summed E-state index contributed by atoms with van der Waals surface area (Å²) in [5.74, 6) is -1.38. The molecule has 2 nitrogen and oxygen atoms in total. The van der Waals surface area contributed by atoms with E-state index in [2.05, 4.69) is 15.9 Å². The maximum absolute atomic E-state index is 13.0. The second kappa shape index (κ2) is 5.97. The maximum Gasteiger partial charge on any atom is 0.162 e. The van der Waals surface area contributed by atoms with E-state index in [9.17, 15) is 8.78 Å². The normalized spacial score (nSPS) is 18.6. The van der Waals surface area contributed by atoms with Gasteiger partial charge in [0.15, 0.2) is 11.6 Å². The van der Waals surface area contributed by atoms with Gasteiger partial charge in [0.1, 0.15) is 5.75 Å². The molecule has 1 heterocycles. The molecule has 1 aliphatic rings. The zero-order chi connectivity index (χ0) is 13.0. The van der Waals surface area contributed by atoms with Crippen LogP contribution in [0, 0.1) is 17.0 Å². The molecule has 0 bridgehead atoms. The lowest BCUT2D eigenvalue weighted by Crippen LogP contribution is -2.36. The predicted molar refractivity (Wildman–Crippen MR) is 68.1 cm³/mol. The van der Waals surface area contributed by atoms with Gasteiger partial charge in [-0.25, -0.2) is 8.78 Å². The fourth-order valence-corrected chi connectivity index (χ4v) is 2.65. The summed E-state index contributed by atoms with van der Waals surface area (Å²) in [4.78, 5) is 0. The minimum Gasteiger partial charge on any atom is -0.493 e. The lowest BCUT2D eigenvalue weighted by molar-refractivity contribution is 0.00348. The molecule has 5 heteroatoms. The zero-order valence-corrected chi connectivity index (χ0v) is 11.5.